The van der Waals surface area contributed by atoms with Gasteiger partial charge in [0.25, 0.3) is 0 Å². The maximum atomic E-state index is 5.75. The molecule has 80 valence electrons. The predicted octanol–water partition coefficient (Wildman–Crippen LogP) is 1.87. The Morgan fingerprint density at radius 2 is 2.33 bits per heavy atom. The van der Waals surface area contributed by atoms with E-state index in [1.807, 2.05) is 4.68 Å². The van der Waals surface area contributed by atoms with E-state index in [0.717, 1.165) is 30.4 Å². The van der Waals surface area contributed by atoms with Gasteiger partial charge < -0.3 is 5.73 Å². The quantitative estimate of drug-likeness (QED) is 0.779. The molecule has 0 spiro atoms. The fourth-order valence-electron chi connectivity index (χ4n) is 1.52. The lowest BCUT2D eigenvalue weighted by Gasteiger charge is -2.01. The standard InChI is InChI=1S/C9H13N5S/c1-2-3-4-14-8-6(9(15)13-14)7(10)11-5-12-8/h5H,2-4H2,1H3,(H,13,15)(H2,10,11,12). The van der Waals surface area contributed by atoms with E-state index in [9.17, 15) is 0 Å². The Morgan fingerprint density at radius 1 is 1.53 bits per heavy atom. The highest BCUT2D eigenvalue weighted by atomic mass is 32.1. The van der Waals surface area contributed by atoms with Crippen molar-refractivity contribution in [2.24, 2.45) is 0 Å². The molecule has 5 nitrogen and oxygen atoms in total. The van der Waals surface area contributed by atoms with E-state index in [0.29, 0.717) is 10.5 Å². The summed E-state index contributed by atoms with van der Waals surface area (Å²) in [5.74, 6) is 0.441. The van der Waals surface area contributed by atoms with Gasteiger partial charge >= 0.3 is 0 Å². The number of anilines is 1. The Bertz CT molecular complexity index is 527. The zero-order chi connectivity index (χ0) is 10.8. The Balaban J connectivity index is 2.58. The molecule has 0 aliphatic carbocycles. The molecule has 0 bridgehead atoms. The minimum atomic E-state index is 0.441. The highest BCUT2D eigenvalue weighted by Crippen LogP contribution is 2.17. The first-order chi connectivity index (χ1) is 7.24. The van der Waals surface area contributed by atoms with Crippen LogP contribution < -0.4 is 5.73 Å². The van der Waals surface area contributed by atoms with Crippen LogP contribution in [-0.2, 0) is 6.54 Å². The molecule has 15 heavy (non-hydrogen) atoms. The SMILES string of the molecule is CCCCn1[nH]c(=S)c2c(N)ncnc21. The lowest BCUT2D eigenvalue weighted by Crippen LogP contribution is -2.01. The number of aromatic nitrogens is 4. The summed E-state index contributed by atoms with van der Waals surface area (Å²) in [5.41, 5.74) is 6.54. The smallest absolute Gasteiger partial charge is 0.162 e. The van der Waals surface area contributed by atoms with Gasteiger partial charge in [0.2, 0.25) is 0 Å². The van der Waals surface area contributed by atoms with Crippen molar-refractivity contribution < 1.29 is 0 Å². The first-order valence-electron chi connectivity index (χ1n) is 4.93. The predicted molar refractivity (Wildman–Crippen MR) is 62.0 cm³/mol. The fourth-order valence-corrected chi connectivity index (χ4v) is 1.83. The van der Waals surface area contributed by atoms with Gasteiger partial charge in [0.15, 0.2) is 5.65 Å². The van der Waals surface area contributed by atoms with Crippen LogP contribution in [0.2, 0.25) is 0 Å². The van der Waals surface area contributed by atoms with Crippen molar-refractivity contribution in [2.75, 3.05) is 5.73 Å². The third kappa shape index (κ3) is 1.72. The minimum Gasteiger partial charge on any atom is -0.383 e. The number of nitrogens with two attached hydrogens (primary N) is 1. The Labute approximate surface area is 92.3 Å². The van der Waals surface area contributed by atoms with Crippen LogP contribution in [0.25, 0.3) is 11.0 Å². The van der Waals surface area contributed by atoms with Crippen molar-refractivity contribution in [3.8, 4) is 0 Å². The molecule has 2 aromatic rings. The van der Waals surface area contributed by atoms with E-state index in [4.69, 9.17) is 18.0 Å². The van der Waals surface area contributed by atoms with Crippen molar-refractivity contribution >= 4 is 29.1 Å². The van der Waals surface area contributed by atoms with Gasteiger partial charge in [0.1, 0.15) is 16.8 Å². The first kappa shape index (κ1) is 10.1. The molecule has 0 unspecified atom stereocenters. The van der Waals surface area contributed by atoms with Crippen molar-refractivity contribution in [1.82, 2.24) is 19.7 Å². The second kappa shape index (κ2) is 3.98. The monoisotopic (exact) mass is 223 g/mol. The Kier molecular flexibility index (Phi) is 2.68. The molecule has 2 aromatic heterocycles. The lowest BCUT2D eigenvalue weighted by molar-refractivity contribution is 0.582. The molecular weight excluding hydrogens is 210 g/mol. The van der Waals surface area contributed by atoms with E-state index in [1.165, 1.54) is 6.33 Å². The molecule has 0 aliphatic heterocycles. The fraction of sp³-hybridized carbons (Fsp3) is 0.444. The molecule has 0 saturated carbocycles. The molecule has 0 amide bonds. The number of nitrogens with zero attached hydrogens (tertiary/aromatic N) is 3. The van der Waals surface area contributed by atoms with Crippen LogP contribution in [0.4, 0.5) is 5.82 Å². The van der Waals surface area contributed by atoms with Crippen LogP contribution in [-0.4, -0.2) is 19.7 Å². The number of fused-ring (bicyclic) bond motifs is 1. The second-order valence-corrected chi connectivity index (χ2v) is 3.81. The van der Waals surface area contributed by atoms with Crippen LogP contribution >= 0.6 is 12.2 Å². The van der Waals surface area contributed by atoms with Crippen molar-refractivity contribution in [3.05, 3.63) is 11.0 Å². The van der Waals surface area contributed by atoms with Crippen molar-refractivity contribution in [1.29, 1.82) is 0 Å². The molecule has 0 radical (unpaired) electrons. The number of rotatable bonds is 3. The van der Waals surface area contributed by atoms with Crippen LogP contribution in [0.5, 0.6) is 0 Å². The molecule has 3 N–H and O–H groups in total. The summed E-state index contributed by atoms with van der Waals surface area (Å²) in [5, 5.41) is 3.83. The van der Waals surface area contributed by atoms with E-state index >= 15 is 0 Å². The lowest BCUT2D eigenvalue weighted by atomic mass is 10.3. The van der Waals surface area contributed by atoms with Crippen LogP contribution in [0.3, 0.4) is 0 Å². The third-order valence-corrected chi connectivity index (χ3v) is 2.61. The number of H-pyrrole nitrogens is 1. The van der Waals surface area contributed by atoms with Gasteiger partial charge in [-0.05, 0) is 6.42 Å². The van der Waals surface area contributed by atoms with E-state index in [1.54, 1.807) is 0 Å². The number of nitrogen functional groups attached to an aromatic ring is 1. The molecule has 6 heteroatoms. The minimum absolute atomic E-state index is 0.441. The zero-order valence-electron chi connectivity index (χ0n) is 8.53. The Morgan fingerprint density at radius 3 is 3.07 bits per heavy atom. The van der Waals surface area contributed by atoms with Gasteiger partial charge in [0.05, 0.1) is 5.39 Å². The molecule has 0 saturated heterocycles. The van der Waals surface area contributed by atoms with Gasteiger partial charge in [-0.15, -0.1) is 0 Å². The highest BCUT2D eigenvalue weighted by molar-refractivity contribution is 7.71. The van der Waals surface area contributed by atoms with E-state index in [2.05, 4.69) is 22.0 Å². The zero-order valence-corrected chi connectivity index (χ0v) is 9.34. The summed E-state index contributed by atoms with van der Waals surface area (Å²) in [4.78, 5) is 8.12. The van der Waals surface area contributed by atoms with Crippen LogP contribution in [0, 0.1) is 4.64 Å². The molecule has 0 atom stereocenters. The summed E-state index contributed by atoms with van der Waals surface area (Å²) >= 11 is 5.18. The van der Waals surface area contributed by atoms with Crippen LogP contribution in [0.15, 0.2) is 6.33 Å². The maximum absolute atomic E-state index is 5.75. The normalized spacial score (nSPS) is 11.0. The number of nitrogens with one attached hydrogen (secondary N) is 1. The molecular formula is C9H13N5S. The van der Waals surface area contributed by atoms with Gasteiger partial charge in [-0.25, -0.2) is 9.97 Å². The van der Waals surface area contributed by atoms with Gasteiger partial charge in [0, 0.05) is 6.54 Å². The number of hydrogen-bond acceptors (Lipinski definition) is 4. The number of hydrogen-bond donors (Lipinski definition) is 2. The maximum Gasteiger partial charge on any atom is 0.162 e. The topological polar surface area (TPSA) is 72.5 Å². The molecule has 0 aliphatic rings. The Hall–Kier alpha value is -1.43. The molecule has 2 rings (SSSR count). The number of aromatic amines is 1. The summed E-state index contributed by atoms with van der Waals surface area (Å²) in [6.07, 6.45) is 3.67. The molecule has 0 fully saturated rings. The summed E-state index contributed by atoms with van der Waals surface area (Å²) in [7, 11) is 0. The average molecular weight is 223 g/mol. The summed E-state index contributed by atoms with van der Waals surface area (Å²) in [6, 6.07) is 0. The first-order valence-corrected chi connectivity index (χ1v) is 5.34. The highest BCUT2D eigenvalue weighted by Gasteiger charge is 2.08. The number of aryl methyl sites for hydroxylation is 1. The van der Waals surface area contributed by atoms with Gasteiger partial charge in [-0.1, -0.05) is 25.6 Å². The molecule has 2 heterocycles. The summed E-state index contributed by atoms with van der Waals surface area (Å²) < 4.78 is 2.54. The van der Waals surface area contributed by atoms with Gasteiger partial charge in [-0.2, -0.15) is 0 Å². The third-order valence-electron chi connectivity index (χ3n) is 2.31. The van der Waals surface area contributed by atoms with Crippen molar-refractivity contribution in [2.45, 2.75) is 26.3 Å². The number of unbranched alkanes of at least 4 members (excludes halogenated alkanes) is 1. The second-order valence-electron chi connectivity index (χ2n) is 3.40. The van der Waals surface area contributed by atoms with E-state index < -0.39 is 0 Å². The van der Waals surface area contributed by atoms with E-state index in [-0.39, 0.29) is 0 Å². The summed E-state index contributed by atoms with van der Waals surface area (Å²) in [6.45, 7) is 3.02. The molecule has 0 aromatic carbocycles. The van der Waals surface area contributed by atoms with Gasteiger partial charge in [-0.3, -0.25) is 9.78 Å². The van der Waals surface area contributed by atoms with Crippen LogP contribution in [0.1, 0.15) is 19.8 Å². The van der Waals surface area contributed by atoms with Crippen molar-refractivity contribution in [3.63, 3.8) is 0 Å². The largest absolute Gasteiger partial charge is 0.383 e. The average Bonchev–Trinajstić information content (AvgIpc) is 2.54.